The third kappa shape index (κ3) is 10.00. The van der Waals surface area contributed by atoms with Crippen LogP contribution in [0.5, 0.6) is 0 Å². The van der Waals surface area contributed by atoms with Crippen LogP contribution in [0.3, 0.4) is 0 Å². The van der Waals surface area contributed by atoms with E-state index in [9.17, 15) is 18.3 Å². The number of aromatic nitrogens is 2. The van der Waals surface area contributed by atoms with Crippen LogP contribution in [-0.2, 0) is 37.3 Å². The number of carbonyl (C=O) groups is 1. The lowest BCUT2D eigenvalue weighted by molar-refractivity contribution is -0.253. The van der Waals surface area contributed by atoms with E-state index in [0.717, 1.165) is 54.4 Å². The molecule has 0 radical (unpaired) electrons. The molecule has 3 N–H and O–H groups in total. The van der Waals surface area contributed by atoms with Gasteiger partial charge in [-0.1, -0.05) is 84.4 Å². The number of ether oxygens (including phenoxy) is 2. The average molecular weight is 763 g/mol. The van der Waals surface area contributed by atoms with Crippen LogP contribution in [0, 0.1) is 6.92 Å². The Morgan fingerprint density at radius 3 is 2.27 bits per heavy atom. The highest BCUT2D eigenvalue weighted by Crippen LogP contribution is 2.39. The van der Waals surface area contributed by atoms with Gasteiger partial charge in [0.2, 0.25) is 21.9 Å². The molecule has 0 aliphatic carbocycles. The Kier molecular flexibility index (Phi) is 12.3. The highest BCUT2D eigenvalue weighted by atomic mass is 32.2. The maximum atomic E-state index is 13.9. The third-order valence-corrected chi connectivity index (χ3v) is 11.4. The SMILES string of the molecule is Cc1ccc(S(=O)(=O)N[C@H](Cc2ccccc2)C(=O)Nc2cccc([C@@H]3O[C@H](CN4CCN(c5ncccn5)CC4)C[C@H](c4ccc(CO)cc4)O3)c2)cc1. The van der Waals surface area contributed by atoms with E-state index < -0.39 is 28.3 Å². The fourth-order valence-electron chi connectivity index (χ4n) is 6.91. The number of aryl methyl sites for hydroxylation is 1. The molecule has 1 amide bonds. The molecule has 0 saturated carbocycles. The van der Waals surface area contributed by atoms with Crippen LogP contribution in [0.4, 0.5) is 11.6 Å². The smallest absolute Gasteiger partial charge is 0.242 e. The van der Waals surface area contributed by atoms with Crippen LogP contribution in [-0.4, -0.2) is 79.2 Å². The molecular weight excluding hydrogens is 717 g/mol. The van der Waals surface area contributed by atoms with Crippen LogP contribution >= 0.6 is 0 Å². The van der Waals surface area contributed by atoms with E-state index in [1.54, 1.807) is 30.6 Å². The Bertz CT molecular complexity index is 2120. The molecule has 13 heteroatoms. The molecule has 2 aliphatic heterocycles. The first-order valence-corrected chi connectivity index (χ1v) is 20.0. The van der Waals surface area contributed by atoms with Crippen LogP contribution in [0.25, 0.3) is 0 Å². The Morgan fingerprint density at radius 2 is 1.56 bits per heavy atom. The van der Waals surface area contributed by atoms with Gasteiger partial charge in [-0.05, 0) is 60.4 Å². The van der Waals surface area contributed by atoms with E-state index in [-0.39, 0.29) is 30.1 Å². The summed E-state index contributed by atoms with van der Waals surface area (Å²) >= 11 is 0. The summed E-state index contributed by atoms with van der Waals surface area (Å²) in [5.74, 6) is 0.236. The number of hydrogen-bond acceptors (Lipinski definition) is 10. The monoisotopic (exact) mass is 762 g/mol. The molecule has 55 heavy (non-hydrogen) atoms. The Morgan fingerprint density at radius 1 is 0.836 bits per heavy atom. The second-order valence-electron chi connectivity index (χ2n) is 14.0. The highest BCUT2D eigenvalue weighted by molar-refractivity contribution is 7.89. The standard InChI is InChI=1S/C42H46N6O6S/c1-30-11-17-37(18-12-30)55(51,52)46-38(25-31-7-3-2-4-8-31)40(50)45-35-10-5-9-34(26-35)41-53-36(27-39(54-41)33-15-13-32(29-49)14-16-33)28-47-21-23-48(24-22-47)42-43-19-6-20-44-42/h2-20,26,36,38-39,41,46,49H,21-25,27-29H2,1H3,(H,45,50)/t36-,38+,39+,41+/m0/s1. The number of hydrogen-bond donors (Lipinski definition) is 3. The van der Waals surface area contributed by atoms with Gasteiger partial charge in [-0.2, -0.15) is 4.72 Å². The van der Waals surface area contributed by atoms with Gasteiger partial charge in [0.15, 0.2) is 6.29 Å². The molecule has 0 bridgehead atoms. The summed E-state index contributed by atoms with van der Waals surface area (Å²) in [6, 6.07) is 31.6. The van der Waals surface area contributed by atoms with Crippen LogP contribution < -0.4 is 14.9 Å². The zero-order chi connectivity index (χ0) is 38.2. The molecule has 2 fully saturated rings. The first-order chi connectivity index (χ1) is 26.7. The second-order valence-corrected chi connectivity index (χ2v) is 15.7. The predicted molar refractivity (Wildman–Crippen MR) is 210 cm³/mol. The maximum absolute atomic E-state index is 13.9. The molecule has 2 saturated heterocycles. The Hall–Kier alpha value is -5.02. The van der Waals surface area contributed by atoms with Gasteiger partial charge in [-0.15, -0.1) is 0 Å². The summed E-state index contributed by atoms with van der Waals surface area (Å²) < 4.78 is 42.8. The van der Waals surface area contributed by atoms with E-state index in [4.69, 9.17) is 9.47 Å². The Balaban J connectivity index is 1.08. The average Bonchev–Trinajstić information content (AvgIpc) is 3.22. The molecule has 0 unspecified atom stereocenters. The number of nitrogens with one attached hydrogen (secondary N) is 2. The van der Waals surface area contributed by atoms with Crippen molar-refractivity contribution in [2.45, 2.75) is 55.8 Å². The lowest BCUT2D eigenvalue weighted by Crippen LogP contribution is -2.50. The van der Waals surface area contributed by atoms with Gasteiger partial charge in [0, 0.05) is 62.8 Å². The lowest BCUT2D eigenvalue weighted by Gasteiger charge is -2.40. The van der Waals surface area contributed by atoms with Crippen LogP contribution in [0.1, 0.15) is 46.6 Å². The number of anilines is 2. The number of amides is 1. The van der Waals surface area contributed by atoms with Gasteiger partial charge in [-0.25, -0.2) is 18.4 Å². The van der Waals surface area contributed by atoms with E-state index >= 15 is 0 Å². The molecule has 0 spiro atoms. The number of benzene rings is 4. The number of aliphatic hydroxyl groups excluding tert-OH is 1. The lowest BCUT2D eigenvalue weighted by atomic mass is 9.99. The van der Waals surface area contributed by atoms with E-state index in [1.165, 1.54) is 12.1 Å². The number of sulfonamides is 1. The van der Waals surface area contributed by atoms with Gasteiger partial charge in [0.25, 0.3) is 0 Å². The molecule has 4 aromatic carbocycles. The van der Waals surface area contributed by atoms with Crippen molar-refractivity contribution in [3.05, 3.63) is 149 Å². The van der Waals surface area contributed by atoms with Gasteiger partial charge in [0.05, 0.1) is 23.7 Å². The quantitative estimate of drug-likeness (QED) is 0.147. The topological polar surface area (TPSA) is 146 Å². The number of rotatable bonds is 13. The zero-order valence-electron chi connectivity index (χ0n) is 30.7. The number of nitrogens with zero attached hydrogens (tertiary/aromatic N) is 4. The van der Waals surface area contributed by atoms with Crippen molar-refractivity contribution in [1.82, 2.24) is 19.6 Å². The first-order valence-electron chi connectivity index (χ1n) is 18.5. The summed E-state index contributed by atoms with van der Waals surface area (Å²) in [5.41, 5.74) is 4.73. The molecular formula is C42H46N6O6S. The van der Waals surface area contributed by atoms with Gasteiger partial charge >= 0.3 is 0 Å². The van der Waals surface area contributed by atoms with E-state index in [2.05, 4.69) is 29.8 Å². The minimum Gasteiger partial charge on any atom is -0.392 e. The van der Waals surface area contributed by atoms with Crippen LogP contribution in [0.2, 0.25) is 0 Å². The summed E-state index contributed by atoms with van der Waals surface area (Å²) in [5, 5.41) is 12.6. The molecule has 286 valence electrons. The van der Waals surface area contributed by atoms with Gasteiger partial charge in [-0.3, -0.25) is 9.69 Å². The summed E-state index contributed by atoms with van der Waals surface area (Å²) in [7, 11) is -4.01. The fraction of sp³-hybridized carbons (Fsp3) is 0.310. The highest BCUT2D eigenvalue weighted by Gasteiger charge is 2.34. The van der Waals surface area contributed by atoms with Crippen molar-refractivity contribution in [2.75, 3.05) is 42.9 Å². The summed E-state index contributed by atoms with van der Waals surface area (Å²) in [6.07, 6.45) is 3.13. The van der Waals surface area contributed by atoms with Crippen molar-refractivity contribution in [1.29, 1.82) is 0 Å². The van der Waals surface area contributed by atoms with Crippen molar-refractivity contribution in [3.8, 4) is 0 Å². The second kappa shape index (κ2) is 17.6. The first kappa shape index (κ1) is 38.3. The third-order valence-electron chi connectivity index (χ3n) is 9.94. The summed E-state index contributed by atoms with van der Waals surface area (Å²) in [6.45, 7) is 5.81. The molecule has 1 aromatic heterocycles. The maximum Gasteiger partial charge on any atom is 0.242 e. The zero-order valence-corrected chi connectivity index (χ0v) is 31.5. The van der Waals surface area contributed by atoms with Crippen molar-refractivity contribution < 1.29 is 27.8 Å². The molecule has 7 rings (SSSR count). The molecule has 5 aromatic rings. The van der Waals surface area contributed by atoms with Gasteiger partial charge < -0.3 is 24.8 Å². The molecule has 4 atom stereocenters. The minimum atomic E-state index is -4.01. The predicted octanol–water partition coefficient (Wildman–Crippen LogP) is 5.17. The van der Waals surface area contributed by atoms with E-state index in [1.807, 2.05) is 85.8 Å². The fourth-order valence-corrected chi connectivity index (χ4v) is 8.10. The number of aliphatic hydroxyl groups is 1. The van der Waals surface area contributed by atoms with Crippen molar-refractivity contribution in [2.24, 2.45) is 0 Å². The van der Waals surface area contributed by atoms with Crippen molar-refractivity contribution >= 4 is 27.6 Å². The molecule has 2 aliphatic rings. The Labute approximate surface area is 322 Å². The largest absolute Gasteiger partial charge is 0.392 e. The summed E-state index contributed by atoms with van der Waals surface area (Å²) in [4.78, 5) is 27.4. The minimum absolute atomic E-state index is 0.0434. The van der Waals surface area contributed by atoms with E-state index in [0.29, 0.717) is 24.2 Å². The van der Waals surface area contributed by atoms with Crippen LogP contribution in [0.15, 0.2) is 126 Å². The number of piperazine rings is 1. The van der Waals surface area contributed by atoms with Crippen molar-refractivity contribution in [3.63, 3.8) is 0 Å². The molecule has 12 nitrogen and oxygen atoms in total. The number of carbonyl (C=O) groups excluding carboxylic acids is 1. The molecule has 3 heterocycles. The normalized spacial score (nSPS) is 19.8. The van der Waals surface area contributed by atoms with Gasteiger partial charge in [0.1, 0.15) is 6.04 Å².